The zero-order valence-corrected chi connectivity index (χ0v) is 24.1. The highest BCUT2D eigenvalue weighted by Gasteiger charge is 2.75. The lowest BCUT2D eigenvalue weighted by Gasteiger charge is -2.40. The molecule has 3 aromatic rings. The van der Waals surface area contributed by atoms with Crippen molar-refractivity contribution in [1.82, 2.24) is 29.7 Å². The van der Waals surface area contributed by atoms with E-state index in [4.69, 9.17) is 4.74 Å². The number of ether oxygens (including phenoxy) is 1. The molecular formula is C32H34N6O5. The molecule has 11 nitrogen and oxygen atoms in total. The quantitative estimate of drug-likeness (QED) is 0.441. The maximum absolute atomic E-state index is 14.8. The van der Waals surface area contributed by atoms with Crippen LogP contribution < -0.4 is 0 Å². The zero-order valence-electron chi connectivity index (χ0n) is 24.1. The number of hydrogen-bond acceptors (Lipinski definition) is 7. The lowest BCUT2D eigenvalue weighted by molar-refractivity contribution is -0.158. The molecule has 11 heteroatoms. The molecule has 43 heavy (non-hydrogen) atoms. The summed E-state index contributed by atoms with van der Waals surface area (Å²) in [6, 6.07) is 14.7. The average molecular weight is 583 g/mol. The van der Waals surface area contributed by atoms with Crippen LogP contribution in [-0.4, -0.2) is 96.5 Å². The molecule has 4 aliphatic rings. The summed E-state index contributed by atoms with van der Waals surface area (Å²) in [5.74, 6) is -2.71. The molecule has 0 saturated carbocycles. The Morgan fingerprint density at radius 3 is 2.47 bits per heavy atom. The molecule has 2 aromatic carbocycles. The van der Waals surface area contributed by atoms with Gasteiger partial charge >= 0.3 is 0 Å². The Kier molecular flexibility index (Phi) is 6.48. The number of nitrogens with zero attached hydrogens (tertiary/aromatic N) is 6. The molecule has 1 N–H and O–H groups in total. The van der Waals surface area contributed by atoms with Crippen LogP contribution in [0, 0.1) is 11.8 Å². The van der Waals surface area contributed by atoms with Crippen molar-refractivity contribution in [3.8, 4) is 0 Å². The van der Waals surface area contributed by atoms with Gasteiger partial charge in [-0.3, -0.25) is 14.4 Å². The first-order chi connectivity index (χ1) is 20.8. The van der Waals surface area contributed by atoms with Crippen LogP contribution in [0.3, 0.4) is 0 Å². The number of benzene rings is 2. The number of likely N-dealkylation sites (tertiary alicyclic amines) is 1. The molecule has 2 fully saturated rings. The number of aromatic nitrogens is 3. The van der Waals surface area contributed by atoms with Crippen LogP contribution in [0.1, 0.15) is 24.9 Å². The fourth-order valence-corrected chi connectivity index (χ4v) is 7.54. The average Bonchev–Trinajstić information content (AvgIpc) is 3.57. The van der Waals surface area contributed by atoms with Gasteiger partial charge in [0.2, 0.25) is 11.8 Å². The summed E-state index contributed by atoms with van der Waals surface area (Å²) in [7, 11) is 1.72. The standard InChI is InChI=1S/C32H34N6O5/c1-3-31-15-9-17-35(2)28(40)25(31)26-29(41)38(24(19-39)21-11-5-4-6-12-21)27-30(42)36(18-10-16-32(26,27)43-31)20-37-23-14-8-7-13-22(23)33-34-37/h4-16,24-27,39H,3,17-20H2,1-2H3/t24-,25-,26+,27?,31+,32+/m1/s1. The molecule has 4 aliphatic heterocycles. The molecule has 7 rings (SSSR count). The molecule has 3 amide bonds. The van der Waals surface area contributed by atoms with Gasteiger partial charge in [-0.25, -0.2) is 4.68 Å². The smallest absolute Gasteiger partial charge is 0.250 e. The SMILES string of the molecule is CC[C@]12C=CCN(C)C(=O)[C@H]1[C@H]1C(=O)N([C@H](CO)c3ccccc3)C3C(=O)N(Cn4nnc5ccccc54)CC=C[C@@]31O2. The fourth-order valence-electron chi connectivity index (χ4n) is 7.54. The van der Waals surface area contributed by atoms with E-state index < -0.39 is 41.7 Å². The van der Waals surface area contributed by atoms with Gasteiger partial charge in [-0.05, 0) is 24.1 Å². The van der Waals surface area contributed by atoms with Crippen LogP contribution in [0.25, 0.3) is 11.0 Å². The van der Waals surface area contributed by atoms with Crippen LogP contribution in [-0.2, 0) is 25.8 Å². The highest BCUT2D eigenvalue weighted by Crippen LogP contribution is 2.59. The molecule has 0 radical (unpaired) electrons. The van der Waals surface area contributed by atoms with Gasteiger partial charge in [0.15, 0.2) is 0 Å². The van der Waals surface area contributed by atoms with Gasteiger partial charge in [0, 0.05) is 20.1 Å². The van der Waals surface area contributed by atoms with E-state index in [-0.39, 0.29) is 30.9 Å². The van der Waals surface area contributed by atoms with Gasteiger partial charge in [0.25, 0.3) is 5.91 Å². The first kappa shape index (κ1) is 27.5. The molecule has 0 bridgehead atoms. The second-order valence-electron chi connectivity index (χ2n) is 11.8. The van der Waals surface area contributed by atoms with E-state index in [9.17, 15) is 19.5 Å². The largest absolute Gasteiger partial charge is 0.394 e. The molecule has 1 unspecified atom stereocenters. The zero-order chi connectivity index (χ0) is 29.9. The van der Waals surface area contributed by atoms with Crippen molar-refractivity contribution in [3.05, 3.63) is 84.5 Å². The van der Waals surface area contributed by atoms with E-state index in [0.29, 0.717) is 24.0 Å². The predicted molar refractivity (Wildman–Crippen MR) is 156 cm³/mol. The summed E-state index contributed by atoms with van der Waals surface area (Å²) >= 11 is 0. The summed E-state index contributed by atoms with van der Waals surface area (Å²) in [6.07, 6.45) is 7.93. The second-order valence-corrected chi connectivity index (χ2v) is 11.8. The van der Waals surface area contributed by atoms with E-state index in [1.54, 1.807) is 21.5 Å². The molecule has 222 valence electrons. The molecule has 1 spiro atoms. The van der Waals surface area contributed by atoms with Crippen molar-refractivity contribution in [2.75, 3.05) is 26.7 Å². The van der Waals surface area contributed by atoms with Gasteiger partial charge in [-0.1, -0.05) is 78.9 Å². The first-order valence-electron chi connectivity index (χ1n) is 14.7. The number of hydrogen-bond donors (Lipinski definition) is 1. The van der Waals surface area contributed by atoms with Crippen LogP contribution in [0.4, 0.5) is 0 Å². The number of aliphatic hydroxyl groups excluding tert-OH is 1. The Balaban J connectivity index is 1.38. The highest BCUT2D eigenvalue weighted by molar-refractivity contribution is 6.00. The third-order valence-corrected chi connectivity index (χ3v) is 9.58. The number of rotatable bonds is 6. The number of fused-ring (bicyclic) bond motifs is 3. The van der Waals surface area contributed by atoms with E-state index in [2.05, 4.69) is 10.3 Å². The van der Waals surface area contributed by atoms with Crippen molar-refractivity contribution in [3.63, 3.8) is 0 Å². The van der Waals surface area contributed by atoms with Crippen molar-refractivity contribution < 1.29 is 24.2 Å². The Hall–Kier alpha value is -4.35. The van der Waals surface area contributed by atoms with Crippen LogP contribution in [0.15, 0.2) is 78.9 Å². The lowest BCUT2D eigenvalue weighted by Crippen LogP contribution is -2.57. The lowest BCUT2D eigenvalue weighted by atomic mass is 9.73. The Morgan fingerprint density at radius 1 is 0.953 bits per heavy atom. The van der Waals surface area contributed by atoms with Crippen LogP contribution >= 0.6 is 0 Å². The van der Waals surface area contributed by atoms with Crippen molar-refractivity contribution in [2.24, 2.45) is 11.8 Å². The minimum atomic E-state index is -1.42. The van der Waals surface area contributed by atoms with Gasteiger partial charge in [0.05, 0.1) is 35.6 Å². The van der Waals surface area contributed by atoms with Crippen LogP contribution in [0.5, 0.6) is 0 Å². The van der Waals surface area contributed by atoms with Crippen molar-refractivity contribution in [2.45, 2.75) is 43.3 Å². The Morgan fingerprint density at radius 2 is 1.70 bits per heavy atom. The molecule has 6 atom stereocenters. The third kappa shape index (κ3) is 3.91. The summed E-state index contributed by atoms with van der Waals surface area (Å²) < 4.78 is 8.66. The molecule has 0 aliphatic carbocycles. The maximum atomic E-state index is 14.8. The van der Waals surface area contributed by atoms with Gasteiger partial charge < -0.3 is 24.5 Å². The fraction of sp³-hybridized carbons (Fsp3) is 0.406. The summed E-state index contributed by atoms with van der Waals surface area (Å²) in [6.45, 7) is 2.28. The van der Waals surface area contributed by atoms with E-state index in [0.717, 1.165) is 5.52 Å². The van der Waals surface area contributed by atoms with Gasteiger partial charge in [-0.15, -0.1) is 5.10 Å². The maximum Gasteiger partial charge on any atom is 0.250 e. The third-order valence-electron chi connectivity index (χ3n) is 9.58. The Bertz CT molecular complexity index is 1650. The predicted octanol–water partition coefficient (Wildman–Crippen LogP) is 1.91. The number of para-hydroxylation sites is 1. The number of likely N-dealkylation sites (N-methyl/N-ethyl adjacent to an activating group) is 1. The second kappa shape index (κ2) is 10.1. The summed E-state index contributed by atoms with van der Waals surface area (Å²) in [4.78, 5) is 48.3. The minimum Gasteiger partial charge on any atom is -0.394 e. The monoisotopic (exact) mass is 582 g/mol. The normalized spacial score (nSPS) is 30.8. The Labute approximate surface area is 249 Å². The van der Waals surface area contributed by atoms with Gasteiger partial charge in [-0.2, -0.15) is 0 Å². The van der Waals surface area contributed by atoms with Crippen LogP contribution in [0.2, 0.25) is 0 Å². The van der Waals surface area contributed by atoms with Gasteiger partial charge in [0.1, 0.15) is 23.8 Å². The number of amides is 3. The van der Waals surface area contributed by atoms with E-state index in [1.165, 1.54) is 4.90 Å². The highest BCUT2D eigenvalue weighted by atomic mass is 16.5. The summed E-state index contributed by atoms with van der Waals surface area (Å²) in [5.41, 5.74) is -0.313. The van der Waals surface area contributed by atoms with Crippen molar-refractivity contribution in [1.29, 1.82) is 0 Å². The number of aliphatic hydroxyl groups is 1. The minimum absolute atomic E-state index is 0.0992. The molecule has 2 saturated heterocycles. The summed E-state index contributed by atoms with van der Waals surface area (Å²) in [5, 5.41) is 19.3. The molecule has 1 aromatic heterocycles. The molecular weight excluding hydrogens is 548 g/mol. The topological polar surface area (TPSA) is 121 Å². The first-order valence-corrected chi connectivity index (χ1v) is 14.7. The number of carbonyl (C=O) groups is 3. The van der Waals surface area contributed by atoms with E-state index >= 15 is 0 Å². The van der Waals surface area contributed by atoms with E-state index in [1.807, 2.05) is 85.8 Å². The molecule has 5 heterocycles. The number of carbonyl (C=O) groups excluding carboxylic acids is 3. The van der Waals surface area contributed by atoms with Crippen molar-refractivity contribution >= 4 is 28.8 Å².